The number of ether oxygens (including phenoxy) is 3. The SMILES string of the molecule is COC(=O)CCCCN(CCCc1c(F)cccc1F)C(=O)c1cc(OC)c(C)c(OC)c1. The molecule has 0 bridgehead atoms. The number of hydrogen-bond donors (Lipinski definition) is 0. The van der Waals surface area contributed by atoms with Crippen molar-refractivity contribution in [2.45, 2.75) is 39.0 Å². The predicted molar refractivity (Wildman–Crippen MR) is 121 cm³/mol. The van der Waals surface area contributed by atoms with E-state index in [1.54, 1.807) is 17.0 Å². The molecular weight excluding hydrogens is 432 g/mol. The van der Waals surface area contributed by atoms with Crippen molar-refractivity contribution >= 4 is 11.9 Å². The first-order chi connectivity index (χ1) is 15.8. The molecule has 0 radical (unpaired) electrons. The highest BCUT2D eigenvalue weighted by atomic mass is 19.1. The van der Waals surface area contributed by atoms with Crippen molar-refractivity contribution in [3.8, 4) is 11.5 Å². The van der Waals surface area contributed by atoms with Gasteiger partial charge >= 0.3 is 5.97 Å². The Kier molecular flexibility index (Phi) is 10.1. The molecule has 0 aliphatic rings. The highest BCUT2D eigenvalue weighted by molar-refractivity contribution is 5.95. The zero-order valence-corrected chi connectivity index (χ0v) is 19.6. The fraction of sp³-hybridized carbons (Fsp3) is 0.440. The Morgan fingerprint density at radius 1 is 0.909 bits per heavy atom. The third-order valence-corrected chi connectivity index (χ3v) is 5.49. The molecule has 2 rings (SSSR count). The molecule has 0 saturated heterocycles. The van der Waals surface area contributed by atoms with Gasteiger partial charge in [0.1, 0.15) is 23.1 Å². The highest BCUT2D eigenvalue weighted by Gasteiger charge is 2.20. The lowest BCUT2D eigenvalue weighted by molar-refractivity contribution is -0.140. The molecule has 0 fully saturated rings. The molecule has 0 spiro atoms. The van der Waals surface area contributed by atoms with Gasteiger partial charge in [0.05, 0.1) is 21.3 Å². The normalized spacial score (nSPS) is 10.6. The minimum atomic E-state index is -0.598. The molecule has 0 atom stereocenters. The summed E-state index contributed by atoms with van der Waals surface area (Å²) in [6.45, 7) is 2.51. The van der Waals surface area contributed by atoms with E-state index in [9.17, 15) is 18.4 Å². The van der Waals surface area contributed by atoms with Gasteiger partial charge in [-0.05, 0) is 56.9 Å². The number of benzene rings is 2. The molecule has 0 saturated carbocycles. The van der Waals surface area contributed by atoms with Gasteiger partial charge in [-0.15, -0.1) is 0 Å². The summed E-state index contributed by atoms with van der Waals surface area (Å²) >= 11 is 0. The van der Waals surface area contributed by atoms with E-state index in [1.165, 1.54) is 39.5 Å². The minimum Gasteiger partial charge on any atom is -0.496 e. The van der Waals surface area contributed by atoms with E-state index in [2.05, 4.69) is 4.74 Å². The lowest BCUT2D eigenvalue weighted by Gasteiger charge is -2.24. The Labute approximate surface area is 193 Å². The number of nitrogens with zero attached hydrogens (tertiary/aromatic N) is 1. The predicted octanol–water partition coefficient (Wildman–Crippen LogP) is 4.71. The van der Waals surface area contributed by atoms with E-state index in [1.807, 2.05) is 6.92 Å². The van der Waals surface area contributed by atoms with E-state index in [4.69, 9.17) is 9.47 Å². The first-order valence-corrected chi connectivity index (χ1v) is 10.8. The second-order valence-corrected chi connectivity index (χ2v) is 7.63. The van der Waals surface area contributed by atoms with Crippen LogP contribution in [0, 0.1) is 18.6 Å². The first kappa shape index (κ1) is 26.1. The van der Waals surface area contributed by atoms with Crippen molar-refractivity contribution in [2.24, 2.45) is 0 Å². The van der Waals surface area contributed by atoms with Gasteiger partial charge in [-0.2, -0.15) is 0 Å². The molecule has 0 N–H and O–H groups in total. The van der Waals surface area contributed by atoms with Gasteiger partial charge < -0.3 is 19.1 Å². The van der Waals surface area contributed by atoms with E-state index < -0.39 is 11.6 Å². The number of methoxy groups -OCH3 is 3. The molecular formula is C25H31F2NO5. The van der Waals surface area contributed by atoms with Crippen molar-refractivity contribution in [3.63, 3.8) is 0 Å². The molecule has 1 amide bonds. The quantitative estimate of drug-likeness (QED) is 0.337. The van der Waals surface area contributed by atoms with Crippen LogP contribution >= 0.6 is 0 Å². The summed E-state index contributed by atoms with van der Waals surface area (Å²) in [6.07, 6.45) is 1.92. The van der Waals surface area contributed by atoms with Crippen LogP contribution < -0.4 is 9.47 Å². The summed E-state index contributed by atoms with van der Waals surface area (Å²) in [5, 5.41) is 0. The maximum atomic E-state index is 14.0. The van der Waals surface area contributed by atoms with Gasteiger partial charge in [0.15, 0.2) is 0 Å². The zero-order valence-electron chi connectivity index (χ0n) is 19.6. The highest BCUT2D eigenvalue weighted by Crippen LogP contribution is 2.30. The lowest BCUT2D eigenvalue weighted by atomic mass is 10.1. The van der Waals surface area contributed by atoms with Crippen LogP contribution in [-0.2, 0) is 16.0 Å². The Bertz CT molecular complexity index is 919. The maximum Gasteiger partial charge on any atom is 0.305 e. The van der Waals surface area contributed by atoms with Crippen molar-refractivity contribution in [1.82, 2.24) is 4.90 Å². The number of unbranched alkanes of at least 4 members (excludes halogenated alkanes) is 1. The number of esters is 1. The minimum absolute atomic E-state index is 0.00858. The van der Waals surface area contributed by atoms with Gasteiger partial charge in [0.2, 0.25) is 0 Å². The molecule has 0 unspecified atom stereocenters. The summed E-state index contributed by atoms with van der Waals surface area (Å²) in [5.41, 5.74) is 1.17. The van der Waals surface area contributed by atoms with Gasteiger partial charge in [0, 0.05) is 36.2 Å². The molecule has 0 heterocycles. The van der Waals surface area contributed by atoms with Crippen LogP contribution in [0.15, 0.2) is 30.3 Å². The number of hydrogen-bond acceptors (Lipinski definition) is 5. The van der Waals surface area contributed by atoms with Crippen LogP contribution in [0.2, 0.25) is 0 Å². The van der Waals surface area contributed by atoms with E-state index in [0.29, 0.717) is 49.4 Å². The number of rotatable bonds is 12. The molecule has 8 heteroatoms. The third-order valence-electron chi connectivity index (χ3n) is 5.49. The average molecular weight is 464 g/mol. The van der Waals surface area contributed by atoms with Crippen molar-refractivity contribution < 1.29 is 32.6 Å². The van der Waals surface area contributed by atoms with Gasteiger partial charge in [-0.25, -0.2) is 8.78 Å². The van der Waals surface area contributed by atoms with E-state index in [0.717, 1.165) is 5.56 Å². The summed E-state index contributed by atoms with van der Waals surface area (Å²) < 4.78 is 43.3. The van der Waals surface area contributed by atoms with Crippen molar-refractivity contribution in [3.05, 3.63) is 58.7 Å². The smallest absolute Gasteiger partial charge is 0.305 e. The van der Waals surface area contributed by atoms with Crippen molar-refractivity contribution in [2.75, 3.05) is 34.4 Å². The van der Waals surface area contributed by atoms with E-state index >= 15 is 0 Å². The Morgan fingerprint density at radius 2 is 1.48 bits per heavy atom. The Morgan fingerprint density at radius 3 is 2.03 bits per heavy atom. The standard InChI is InChI=1S/C25H31F2NO5/c1-17-22(31-2)15-18(16-23(17)32-3)25(30)28(13-6-5-12-24(29)33-4)14-8-9-19-20(26)10-7-11-21(19)27/h7,10-11,15-16H,5-6,8-9,12-14H2,1-4H3. The van der Waals surface area contributed by atoms with Crippen LogP contribution in [0.3, 0.4) is 0 Å². The van der Waals surface area contributed by atoms with Crippen LogP contribution in [0.1, 0.15) is 47.2 Å². The molecule has 2 aromatic carbocycles. The molecule has 33 heavy (non-hydrogen) atoms. The second-order valence-electron chi connectivity index (χ2n) is 7.63. The van der Waals surface area contributed by atoms with Gasteiger partial charge in [0.25, 0.3) is 5.91 Å². The topological polar surface area (TPSA) is 65.1 Å². The average Bonchev–Trinajstić information content (AvgIpc) is 2.81. The first-order valence-electron chi connectivity index (χ1n) is 10.8. The molecule has 0 aromatic heterocycles. The molecule has 0 aliphatic carbocycles. The van der Waals surface area contributed by atoms with Crippen LogP contribution in [0.25, 0.3) is 0 Å². The van der Waals surface area contributed by atoms with Crippen LogP contribution in [0.5, 0.6) is 11.5 Å². The molecule has 0 aliphatic heterocycles. The molecule has 6 nitrogen and oxygen atoms in total. The van der Waals surface area contributed by atoms with Crippen molar-refractivity contribution in [1.29, 1.82) is 0 Å². The largest absolute Gasteiger partial charge is 0.496 e. The lowest BCUT2D eigenvalue weighted by Crippen LogP contribution is -2.33. The second kappa shape index (κ2) is 12.8. The molecule has 2 aromatic rings. The number of halogens is 2. The number of amides is 1. The van der Waals surface area contributed by atoms with Gasteiger partial charge in [-0.1, -0.05) is 6.07 Å². The van der Waals surface area contributed by atoms with Crippen LogP contribution in [-0.4, -0.2) is 51.2 Å². The fourth-order valence-electron chi connectivity index (χ4n) is 3.60. The number of carbonyl (C=O) groups is 2. The zero-order chi connectivity index (χ0) is 24.4. The summed E-state index contributed by atoms with van der Waals surface area (Å²) in [4.78, 5) is 26.3. The fourth-order valence-corrected chi connectivity index (χ4v) is 3.60. The third kappa shape index (κ3) is 7.17. The van der Waals surface area contributed by atoms with E-state index in [-0.39, 0.29) is 30.3 Å². The summed E-state index contributed by atoms with van der Waals surface area (Å²) in [7, 11) is 4.37. The monoisotopic (exact) mass is 463 g/mol. The number of carbonyl (C=O) groups excluding carboxylic acids is 2. The Balaban J connectivity index is 2.17. The Hall–Kier alpha value is -3.16. The summed E-state index contributed by atoms with van der Waals surface area (Å²) in [5.74, 6) is -0.707. The van der Waals surface area contributed by atoms with Gasteiger partial charge in [-0.3, -0.25) is 9.59 Å². The van der Waals surface area contributed by atoms with Crippen LogP contribution in [0.4, 0.5) is 8.78 Å². The summed E-state index contributed by atoms with van der Waals surface area (Å²) in [6, 6.07) is 7.07. The maximum absolute atomic E-state index is 14.0. The molecule has 180 valence electrons.